The molecule has 0 aliphatic heterocycles. The number of nitrogens with one attached hydrogen (secondary N) is 2. The van der Waals surface area contributed by atoms with E-state index in [2.05, 4.69) is 15.4 Å². The van der Waals surface area contributed by atoms with Crippen LogP contribution in [0.1, 0.15) is 30.1 Å². The number of rotatable bonds is 9. The number of anilines is 1. The minimum Gasteiger partial charge on any atom is -0.493 e. The summed E-state index contributed by atoms with van der Waals surface area (Å²) in [4.78, 5) is 24.1. The zero-order chi connectivity index (χ0) is 21.3. The molecular weight excluding hydrogens is 389 g/mol. The molecule has 0 radical (unpaired) electrons. The lowest BCUT2D eigenvalue weighted by Gasteiger charge is -2.11. The Morgan fingerprint density at radius 2 is 1.72 bits per heavy atom. The number of carbonyl (C=O) groups excluding carboxylic acids is 2. The summed E-state index contributed by atoms with van der Waals surface area (Å²) in [5, 5.41) is 5.29. The Labute approximate surface area is 166 Å². The maximum atomic E-state index is 12.2. The van der Waals surface area contributed by atoms with Gasteiger partial charge in [-0.2, -0.15) is 0 Å². The number of carbonyl (C=O) groups is 2. The number of benzene rings is 2. The summed E-state index contributed by atoms with van der Waals surface area (Å²) in [5.74, 6) is -0.498. The SMILES string of the molecule is CCOc1ccccc1C(=O)NCCCC(=O)Nc1ccc(OC(F)(F)F)cc1. The average molecular weight is 410 g/mol. The standard InChI is InChI=1S/C20H21F3N2O4/c1-2-28-17-7-4-3-6-16(17)19(27)24-13-5-8-18(26)25-14-9-11-15(12-10-14)29-20(21,22)23/h3-4,6-7,9-12H,2,5,8,13H2,1H3,(H,24,27)(H,25,26). The summed E-state index contributed by atoms with van der Waals surface area (Å²) >= 11 is 0. The molecule has 0 aliphatic carbocycles. The molecule has 0 aromatic heterocycles. The van der Waals surface area contributed by atoms with E-state index in [1.54, 1.807) is 24.3 Å². The van der Waals surface area contributed by atoms with Crippen LogP contribution in [0.3, 0.4) is 0 Å². The van der Waals surface area contributed by atoms with Crippen molar-refractivity contribution in [3.8, 4) is 11.5 Å². The molecule has 0 atom stereocenters. The van der Waals surface area contributed by atoms with Crippen LogP contribution in [0, 0.1) is 0 Å². The molecule has 0 unspecified atom stereocenters. The van der Waals surface area contributed by atoms with Gasteiger partial charge in [0.15, 0.2) is 0 Å². The van der Waals surface area contributed by atoms with E-state index < -0.39 is 6.36 Å². The first-order valence-electron chi connectivity index (χ1n) is 8.94. The molecule has 6 nitrogen and oxygen atoms in total. The largest absolute Gasteiger partial charge is 0.573 e. The Hall–Kier alpha value is -3.23. The van der Waals surface area contributed by atoms with E-state index in [-0.39, 0.29) is 30.5 Å². The maximum absolute atomic E-state index is 12.2. The van der Waals surface area contributed by atoms with E-state index in [1.165, 1.54) is 12.1 Å². The highest BCUT2D eigenvalue weighted by Gasteiger charge is 2.30. The predicted octanol–water partition coefficient (Wildman–Crippen LogP) is 4.13. The van der Waals surface area contributed by atoms with Crippen molar-refractivity contribution in [1.82, 2.24) is 5.32 Å². The molecule has 2 aromatic carbocycles. The molecule has 2 aromatic rings. The number of hydrogen-bond donors (Lipinski definition) is 2. The Kier molecular flexibility index (Phi) is 7.88. The lowest BCUT2D eigenvalue weighted by atomic mass is 10.2. The smallest absolute Gasteiger partial charge is 0.493 e. The first kappa shape index (κ1) is 22.1. The zero-order valence-corrected chi connectivity index (χ0v) is 15.7. The first-order chi connectivity index (χ1) is 13.8. The summed E-state index contributed by atoms with van der Waals surface area (Å²) in [6.07, 6.45) is -4.24. The van der Waals surface area contributed by atoms with Crippen molar-refractivity contribution < 1.29 is 32.2 Å². The van der Waals surface area contributed by atoms with E-state index in [4.69, 9.17) is 4.74 Å². The molecule has 2 rings (SSSR count). The van der Waals surface area contributed by atoms with Gasteiger partial charge in [-0.05, 0) is 49.7 Å². The minimum atomic E-state index is -4.77. The zero-order valence-electron chi connectivity index (χ0n) is 15.7. The number of halogens is 3. The van der Waals surface area contributed by atoms with Gasteiger partial charge in [0.2, 0.25) is 5.91 Å². The summed E-state index contributed by atoms with van der Waals surface area (Å²) in [7, 11) is 0. The average Bonchev–Trinajstić information content (AvgIpc) is 2.66. The number of alkyl halides is 3. The summed E-state index contributed by atoms with van der Waals surface area (Å²) in [6.45, 7) is 2.54. The molecule has 0 saturated carbocycles. The van der Waals surface area contributed by atoms with Crippen LogP contribution in [0.4, 0.5) is 18.9 Å². The van der Waals surface area contributed by atoms with Crippen LogP contribution < -0.4 is 20.1 Å². The van der Waals surface area contributed by atoms with Crippen LogP contribution in [0.25, 0.3) is 0 Å². The van der Waals surface area contributed by atoms with Crippen LogP contribution in [-0.4, -0.2) is 31.3 Å². The van der Waals surface area contributed by atoms with Crippen LogP contribution in [0.2, 0.25) is 0 Å². The van der Waals surface area contributed by atoms with Crippen molar-refractivity contribution >= 4 is 17.5 Å². The quantitative estimate of drug-likeness (QED) is 0.610. The second kappa shape index (κ2) is 10.4. The van der Waals surface area contributed by atoms with Gasteiger partial charge < -0.3 is 20.1 Å². The Morgan fingerprint density at radius 1 is 1.03 bits per heavy atom. The molecular formula is C20H21F3N2O4. The van der Waals surface area contributed by atoms with Gasteiger partial charge in [-0.25, -0.2) is 0 Å². The lowest BCUT2D eigenvalue weighted by molar-refractivity contribution is -0.274. The third kappa shape index (κ3) is 7.73. The molecule has 0 spiro atoms. The predicted molar refractivity (Wildman–Crippen MR) is 101 cm³/mol. The van der Waals surface area contributed by atoms with E-state index in [0.717, 1.165) is 12.1 Å². The highest BCUT2D eigenvalue weighted by molar-refractivity contribution is 5.97. The number of hydrogen-bond acceptors (Lipinski definition) is 4. The normalized spacial score (nSPS) is 10.9. The molecule has 2 N–H and O–H groups in total. The van der Waals surface area contributed by atoms with Gasteiger partial charge in [0.05, 0.1) is 12.2 Å². The van der Waals surface area contributed by atoms with Gasteiger partial charge in [0, 0.05) is 18.7 Å². The number of para-hydroxylation sites is 1. The molecule has 2 amide bonds. The van der Waals surface area contributed by atoms with Gasteiger partial charge in [0.1, 0.15) is 11.5 Å². The number of amides is 2. The fourth-order valence-electron chi connectivity index (χ4n) is 2.45. The van der Waals surface area contributed by atoms with Crippen molar-refractivity contribution in [3.63, 3.8) is 0 Å². The van der Waals surface area contributed by atoms with Crippen LogP contribution in [0.15, 0.2) is 48.5 Å². The molecule has 0 aliphatic rings. The summed E-state index contributed by atoms with van der Waals surface area (Å²) in [5.41, 5.74) is 0.763. The molecule has 29 heavy (non-hydrogen) atoms. The molecule has 0 saturated heterocycles. The first-order valence-corrected chi connectivity index (χ1v) is 8.94. The molecule has 0 fully saturated rings. The van der Waals surface area contributed by atoms with Crippen molar-refractivity contribution in [1.29, 1.82) is 0 Å². The van der Waals surface area contributed by atoms with Gasteiger partial charge in [-0.1, -0.05) is 12.1 Å². The fraction of sp³-hybridized carbons (Fsp3) is 0.300. The van der Waals surface area contributed by atoms with E-state index >= 15 is 0 Å². The molecule has 156 valence electrons. The maximum Gasteiger partial charge on any atom is 0.573 e. The third-order valence-electron chi connectivity index (χ3n) is 3.67. The van der Waals surface area contributed by atoms with Crippen molar-refractivity contribution in [2.75, 3.05) is 18.5 Å². The second-order valence-corrected chi connectivity index (χ2v) is 5.91. The summed E-state index contributed by atoms with van der Waals surface area (Å²) < 4.78 is 45.5. The summed E-state index contributed by atoms with van der Waals surface area (Å²) in [6, 6.07) is 11.7. The van der Waals surface area contributed by atoms with Crippen molar-refractivity contribution in [2.24, 2.45) is 0 Å². The van der Waals surface area contributed by atoms with Gasteiger partial charge in [-0.15, -0.1) is 13.2 Å². The lowest BCUT2D eigenvalue weighted by Crippen LogP contribution is -2.26. The van der Waals surface area contributed by atoms with Crippen LogP contribution in [-0.2, 0) is 4.79 Å². The topological polar surface area (TPSA) is 76.7 Å². The second-order valence-electron chi connectivity index (χ2n) is 5.91. The van der Waals surface area contributed by atoms with Gasteiger partial charge >= 0.3 is 6.36 Å². The third-order valence-corrected chi connectivity index (χ3v) is 3.67. The molecule has 0 bridgehead atoms. The molecule has 0 heterocycles. The van der Waals surface area contributed by atoms with E-state index in [9.17, 15) is 22.8 Å². The Bertz CT molecular complexity index is 823. The molecule has 9 heteroatoms. The van der Waals surface area contributed by atoms with Crippen molar-refractivity contribution in [3.05, 3.63) is 54.1 Å². The van der Waals surface area contributed by atoms with E-state index in [1.807, 2.05) is 6.92 Å². The van der Waals surface area contributed by atoms with Crippen molar-refractivity contribution in [2.45, 2.75) is 26.1 Å². The highest BCUT2D eigenvalue weighted by atomic mass is 19.4. The Morgan fingerprint density at radius 3 is 2.38 bits per heavy atom. The van der Waals surface area contributed by atoms with Gasteiger partial charge in [-0.3, -0.25) is 9.59 Å². The Balaban J connectivity index is 1.74. The fourth-order valence-corrected chi connectivity index (χ4v) is 2.45. The van der Waals surface area contributed by atoms with E-state index in [0.29, 0.717) is 30.0 Å². The number of ether oxygens (including phenoxy) is 2. The highest BCUT2D eigenvalue weighted by Crippen LogP contribution is 2.24. The van der Waals surface area contributed by atoms with Gasteiger partial charge in [0.25, 0.3) is 5.91 Å². The van der Waals surface area contributed by atoms with Crippen LogP contribution in [0.5, 0.6) is 11.5 Å². The minimum absolute atomic E-state index is 0.133. The monoisotopic (exact) mass is 410 g/mol. The van der Waals surface area contributed by atoms with Crippen LogP contribution >= 0.6 is 0 Å².